The van der Waals surface area contributed by atoms with Crippen molar-refractivity contribution in [2.24, 2.45) is 0 Å². The molecule has 8 heterocycles. The Bertz CT molecular complexity index is 3630. The van der Waals surface area contributed by atoms with Crippen LogP contribution in [0.25, 0.3) is 0 Å². The Morgan fingerprint density at radius 2 is 0.729 bits per heavy atom. The maximum atomic E-state index is 13.7. The molecule has 744 valence electrons. The predicted octanol–water partition coefficient (Wildman–Crippen LogP) is -19.8. The van der Waals surface area contributed by atoms with E-state index in [2.05, 4.69) is 21.3 Å². The van der Waals surface area contributed by atoms with Crippen LogP contribution in [-0.2, 0) is 124 Å². The van der Waals surface area contributed by atoms with Crippen molar-refractivity contribution in [3.8, 4) is 0 Å². The zero-order valence-corrected chi connectivity index (χ0v) is 69.9. The van der Waals surface area contributed by atoms with Crippen LogP contribution >= 0.6 is 0 Å². The SMILES string of the molecule is CC(=O)N[C@H]1[C@H](O[C@H]2[C@@H](O)[C@@H](CO[C@@H]3O[C@H](CO)[C@@H](O[C@@H]4O[C@H](CO)[C@H](O)[C@H](O[C@]5(C(=O)O)C[C@H](OC(C)=O)[C@@H](NC(C)=O)[C@H]([C@H](O)[C@H](O)CO)O5)[C@H]4O)[C@H](O[C@@H]4O[C@@H](C)[C@@H](O)[C@@H](O)[C@@H]4O)[C@H]3NC(C)=O)O[C@@H](O[C@@H]([C@H](O)[C@@H](O)CO)[C@H](O)CO)[C@@H]2O)O[C@H](CO)[C@@H](O[C@@H]2O[C@H](CO)[C@H](O)[C@H](O[C@]3(C(=O)O)C[C@H](OC(C)=O)[C@@H](NC(C)=O)[C@H]([C@H](O)[C@H](O)CO)O3)[C@H]2O)[C@@H]1O. The highest BCUT2D eigenvalue weighted by Gasteiger charge is 2.66. The number of hydrogen-bond acceptors (Lipinski definition) is 51. The fourth-order valence-electron chi connectivity index (χ4n) is 16.0. The highest BCUT2D eigenvalue weighted by molar-refractivity contribution is 5.78. The molecule has 4 amide bonds. The van der Waals surface area contributed by atoms with Gasteiger partial charge in [0, 0.05) is 41.5 Å². The van der Waals surface area contributed by atoms with E-state index in [1.165, 1.54) is 6.92 Å². The van der Waals surface area contributed by atoms with E-state index in [4.69, 9.17) is 85.3 Å². The molecule has 0 unspecified atom stereocenters. The Kier molecular flexibility index (Phi) is 39.6. The van der Waals surface area contributed by atoms with Crippen molar-refractivity contribution >= 4 is 47.5 Å². The van der Waals surface area contributed by atoms with E-state index in [0.717, 1.165) is 41.5 Å². The molecule has 0 aromatic rings. The summed E-state index contributed by atoms with van der Waals surface area (Å²) in [5, 5.41) is 310. The average molecular weight is 1890 g/mol. The number of carbonyl (C=O) groups excluding carboxylic acids is 6. The molecule has 0 aliphatic carbocycles. The lowest BCUT2D eigenvalue weighted by Gasteiger charge is -2.52. The summed E-state index contributed by atoms with van der Waals surface area (Å²) in [6.45, 7) is -5.31. The molecule has 0 bridgehead atoms. The smallest absolute Gasteiger partial charge is 0.364 e. The molecule has 129 heavy (non-hydrogen) atoms. The number of carboxylic acid groups (broad SMARTS) is 2. The van der Waals surface area contributed by atoms with E-state index in [9.17, 15) is 176 Å². The lowest BCUT2D eigenvalue weighted by atomic mass is 9.87. The van der Waals surface area contributed by atoms with E-state index in [1.54, 1.807) is 0 Å². The van der Waals surface area contributed by atoms with Gasteiger partial charge in [-0.05, 0) is 6.92 Å². The number of rotatable bonds is 40. The number of nitrogens with one attached hydrogen (secondary N) is 4. The van der Waals surface area contributed by atoms with Crippen LogP contribution in [0, 0.1) is 0 Å². The van der Waals surface area contributed by atoms with Crippen LogP contribution in [0.4, 0.5) is 0 Å². The van der Waals surface area contributed by atoms with Crippen LogP contribution < -0.4 is 21.3 Å². The van der Waals surface area contributed by atoms with Crippen LogP contribution in [0.3, 0.4) is 0 Å². The van der Waals surface area contributed by atoms with Gasteiger partial charge in [0.1, 0.15) is 214 Å². The third kappa shape index (κ3) is 25.1. The summed E-state index contributed by atoms with van der Waals surface area (Å²) in [7, 11) is 0. The second kappa shape index (κ2) is 47.1. The van der Waals surface area contributed by atoms with Crippen molar-refractivity contribution in [3.05, 3.63) is 0 Å². The monoisotopic (exact) mass is 1890 g/mol. The first kappa shape index (κ1) is 108. The number of amides is 4. The van der Waals surface area contributed by atoms with Gasteiger partial charge in [-0.3, -0.25) is 28.8 Å². The van der Waals surface area contributed by atoms with Crippen LogP contribution in [0.2, 0.25) is 0 Å². The van der Waals surface area contributed by atoms with Gasteiger partial charge in [0.25, 0.3) is 11.6 Å². The third-order valence-corrected chi connectivity index (χ3v) is 22.5. The molecular weight excluding hydrogens is 1770 g/mol. The summed E-state index contributed by atoms with van der Waals surface area (Å²) in [5.74, 6) is -17.5. The maximum Gasteiger partial charge on any atom is 0.364 e. The molecule has 0 radical (unpaired) electrons. The number of carbonyl (C=O) groups is 8. The Balaban J connectivity index is 1.15. The van der Waals surface area contributed by atoms with Crippen molar-refractivity contribution < 1.29 is 261 Å². The normalized spacial score (nSPS) is 42.3. The van der Waals surface area contributed by atoms with Gasteiger partial charge in [-0.15, -0.1) is 0 Å². The van der Waals surface area contributed by atoms with Gasteiger partial charge in [-0.25, -0.2) is 9.59 Å². The molecule has 46 atom stereocenters. The van der Waals surface area contributed by atoms with Gasteiger partial charge in [-0.1, -0.05) is 0 Å². The molecule has 0 aromatic heterocycles. The largest absolute Gasteiger partial charge is 0.477 e. The minimum atomic E-state index is -3.41. The summed E-state index contributed by atoms with van der Waals surface area (Å²) in [5.41, 5.74) is 0. The fraction of sp³-hybridized carbons (Fsp3) is 0.889. The van der Waals surface area contributed by atoms with E-state index < -0.39 is 401 Å². The van der Waals surface area contributed by atoms with Crippen LogP contribution in [-0.4, -0.2) is 526 Å². The molecule has 57 nitrogen and oxygen atoms in total. The summed E-state index contributed by atoms with van der Waals surface area (Å²) >= 11 is 0. The maximum absolute atomic E-state index is 13.7. The first-order valence-corrected chi connectivity index (χ1v) is 40.4. The fourth-order valence-corrected chi connectivity index (χ4v) is 16.0. The number of carboxylic acids is 2. The number of aliphatic hydroxyl groups is 25. The Hall–Kier alpha value is -5.88. The topological polar surface area (TPSA) is 897 Å². The highest BCUT2D eigenvalue weighted by Crippen LogP contribution is 2.44. The Morgan fingerprint density at radius 1 is 0.364 bits per heavy atom. The number of hydrogen-bond donors (Lipinski definition) is 31. The summed E-state index contributed by atoms with van der Waals surface area (Å²) in [4.78, 5) is 104. The minimum Gasteiger partial charge on any atom is -0.477 e. The number of aliphatic hydroxyl groups excluding tert-OH is 25. The molecule has 0 aromatic carbocycles. The molecule has 0 saturated carbocycles. The van der Waals surface area contributed by atoms with Crippen LogP contribution in [0.15, 0.2) is 0 Å². The number of aliphatic carboxylic acids is 2. The molecule has 8 rings (SSSR count). The van der Waals surface area contributed by atoms with Gasteiger partial charge in [-0.2, -0.15) is 0 Å². The second-order valence-electron chi connectivity index (χ2n) is 31.9. The molecule has 0 spiro atoms. The van der Waals surface area contributed by atoms with E-state index >= 15 is 0 Å². The zero-order valence-electron chi connectivity index (χ0n) is 69.9. The van der Waals surface area contributed by atoms with Gasteiger partial charge in [0.15, 0.2) is 37.7 Å². The lowest BCUT2D eigenvalue weighted by molar-refractivity contribution is -0.394. The van der Waals surface area contributed by atoms with E-state index in [0.29, 0.717) is 0 Å². The predicted molar refractivity (Wildman–Crippen MR) is 398 cm³/mol. The molecule has 8 aliphatic heterocycles. The van der Waals surface area contributed by atoms with Crippen molar-refractivity contribution in [2.75, 3.05) is 59.5 Å². The van der Waals surface area contributed by atoms with Gasteiger partial charge in [0.05, 0.1) is 90.5 Å². The van der Waals surface area contributed by atoms with Crippen molar-refractivity contribution in [2.45, 2.75) is 342 Å². The van der Waals surface area contributed by atoms with Crippen molar-refractivity contribution in [1.29, 1.82) is 0 Å². The summed E-state index contributed by atoms with van der Waals surface area (Å²) in [6, 6.07) is -7.85. The molecular formula is C72H118N4O53. The van der Waals surface area contributed by atoms with Gasteiger partial charge in [0.2, 0.25) is 23.6 Å². The Morgan fingerprint density at radius 3 is 1.15 bits per heavy atom. The van der Waals surface area contributed by atoms with E-state index in [-0.39, 0.29) is 0 Å². The molecule has 57 heteroatoms. The second-order valence-corrected chi connectivity index (χ2v) is 31.9. The minimum absolute atomic E-state index is 0.834. The van der Waals surface area contributed by atoms with Crippen LogP contribution in [0.1, 0.15) is 61.3 Å². The van der Waals surface area contributed by atoms with Gasteiger partial charge >= 0.3 is 23.9 Å². The van der Waals surface area contributed by atoms with Gasteiger partial charge < -0.3 is 244 Å². The number of esters is 2. The van der Waals surface area contributed by atoms with Crippen LogP contribution in [0.5, 0.6) is 0 Å². The average Bonchev–Trinajstić information content (AvgIpc) is 0.741. The molecule has 31 N–H and O–H groups in total. The first-order valence-electron chi connectivity index (χ1n) is 40.4. The first-order chi connectivity index (χ1) is 60.6. The van der Waals surface area contributed by atoms with Crippen molar-refractivity contribution in [1.82, 2.24) is 21.3 Å². The molecule has 8 aliphatic rings. The van der Waals surface area contributed by atoms with E-state index in [1.807, 2.05) is 0 Å². The Labute approximate surface area is 730 Å². The molecule has 8 saturated heterocycles. The summed E-state index contributed by atoms with van der Waals surface area (Å²) < 4.78 is 106. The molecule has 8 fully saturated rings. The highest BCUT2D eigenvalue weighted by atomic mass is 16.8. The van der Waals surface area contributed by atoms with Crippen molar-refractivity contribution in [3.63, 3.8) is 0 Å². The zero-order chi connectivity index (χ0) is 96.4. The lowest BCUT2D eigenvalue weighted by Crippen LogP contribution is -2.72. The quantitative estimate of drug-likeness (QED) is 0.0253. The standard InChI is InChI=1S/C72H118N4O53/c1-19-41(95)49(103)50(104)65(113-19)124-59-40(76-23(5)88)63(118-35(17-84)56(59)123-68-53(107)62(46(100)33(15-82)117-68)129-72(70(110)111)9-31(115-25(7)90)38(74-21(3)86)58(127-72)44(98)28(93)12-79)112-18-36-47(101)60(51(105)66(120-36)121-54(29(94)13-80)42(96)26(91)10-77)125-64-39(75-22(4)87)48(102)55(34(16-83)119-64)122-67-52(106)61(45(99)32(14-81)116-67)128-71(69(108)109)8-30(114-24(6)89)37(73-20(2)85)57(126-71)43(97)27(92)11-78/h19,26-68,77-84,91-107H,8-18H2,1-7H3,(H,73,85)(H,74,86)(H,75,87)(H,76,88)(H,108,109)(H,110,111)/t19-,26-,27+,28+,29+,30-,31-,32+,33+,34+,35+,36+,37+,38+,39+,40+,41+,42+,43+,44+,45-,46-,47-,48+,49+,50-,51+,52+,53+,54+,55+,56+,57+,58+,59+,60-,61-,62-,63+,64-,65-,66-,67-,68-,71-,72-/m0/s1. The summed E-state index contributed by atoms with van der Waals surface area (Å²) in [6.07, 6.45) is -94.1. The third-order valence-electron chi connectivity index (χ3n) is 22.5. The number of ether oxygens (including phenoxy) is 18.